The molecule has 0 atom stereocenters. The quantitative estimate of drug-likeness (QED) is 0.597. The SMILES string of the molecule is CC1(C)CCCCC1.COC(=O)c1cc(N)c(N)cc1OCC(F)(F)F. The molecule has 1 saturated carbocycles. The molecule has 1 aromatic rings. The van der Waals surface area contributed by atoms with Crippen molar-refractivity contribution >= 4 is 17.3 Å². The molecule has 0 unspecified atom stereocenters. The van der Waals surface area contributed by atoms with Crippen LogP contribution in [0.4, 0.5) is 24.5 Å². The first kappa shape index (κ1) is 21.9. The summed E-state index contributed by atoms with van der Waals surface area (Å²) < 4.78 is 45.0. The fourth-order valence-corrected chi connectivity index (χ4v) is 2.67. The highest BCUT2D eigenvalue weighted by Crippen LogP contribution is 2.34. The van der Waals surface area contributed by atoms with E-state index in [0.29, 0.717) is 5.41 Å². The number of ether oxygens (including phenoxy) is 2. The zero-order valence-electron chi connectivity index (χ0n) is 15.4. The third-order valence-corrected chi connectivity index (χ3v) is 4.19. The molecule has 5 nitrogen and oxygen atoms in total. The van der Waals surface area contributed by atoms with Crippen molar-refractivity contribution in [1.82, 2.24) is 0 Å². The van der Waals surface area contributed by atoms with Crippen molar-refractivity contribution < 1.29 is 27.4 Å². The molecule has 0 heterocycles. The minimum absolute atomic E-state index is 0.0137. The number of benzene rings is 1. The first-order valence-corrected chi connectivity index (χ1v) is 8.42. The summed E-state index contributed by atoms with van der Waals surface area (Å²) in [6.45, 7) is 3.22. The van der Waals surface area contributed by atoms with Crippen LogP contribution in [0, 0.1) is 5.41 Å². The number of hydrogen-bond acceptors (Lipinski definition) is 5. The maximum absolute atomic E-state index is 12.0. The maximum atomic E-state index is 12.0. The molecule has 0 bridgehead atoms. The van der Waals surface area contributed by atoms with Gasteiger partial charge in [-0.1, -0.05) is 33.1 Å². The second kappa shape index (κ2) is 9.00. The Balaban J connectivity index is 0.000000350. The van der Waals surface area contributed by atoms with Gasteiger partial charge in [-0.05, 0) is 24.3 Å². The minimum Gasteiger partial charge on any atom is -0.483 e. The van der Waals surface area contributed by atoms with Gasteiger partial charge < -0.3 is 20.9 Å². The third-order valence-electron chi connectivity index (χ3n) is 4.19. The number of hydrogen-bond donors (Lipinski definition) is 2. The largest absolute Gasteiger partial charge is 0.483 e. The summed E-state index contributed by atoms with van der Waals surface area (Å²) in [6, 6.07) is 2.15. The molecule has 0 amide bonds. The molecule has 8 heteroatoms. The first-order valence-electron chi connectivity index (χ1n) is 8.42. The smallest absolute Gasteiger partial charge is 0.422 e. The van der Waals surface area contributed by atoms with E-state index in [4.69, 9.17) is 11.5 Å². The Morgan fingerprint density at radius 2 is 1.65 bits per heavy atom. The van der Waals surface area contributed by atoms with Crippen LogP contribution in [0.2, 0.25) is 0 Å². The highest BCUT2D eigenvalue weighted by atomic mass is 19.4. The van der Waals surface area contributed by atoms with Gasteiger partial charge in [0.1, 0.15) is 11.3 Å². The molecule has 1 aliphatic carbocycles. The van der Waals surface area contributed by atoms with E-state index in [9.17, 15) is 18.0 Å². The van der Waals surface area contributed by atoms with Gasteiger partial charge in [-0.3, -0.25) is 0 Å². The van der Waals surface area contributed by atoms with E-state index in [2.05, 4.69) is 23.3 Å². The number of carbonyl (C=O) groups is 1. The summed E-state index contributed by atoms with van der Waals surface area (Å²) in [7, 11) is 1.09. The van der Waals surface area contributed by atoms with Gasteiger partial charge in [0.25, 0.3) is 0 Å². The topological polar surface area (TPSA) is 87.6 Å². The highest BCUT2D eigenvalue weighted by Gasteiger charge is 2.29. The van der Waals surface area contributed by atoms with Crippen LogP contribution in [0.15, 0.2) is 12.1 Å². The molecule has 0 aliphatic heterocycles. The molecule has 1 fully saturated rings. The summed E-state index contributed by atoms with van der Waals surface area (Å²) in [5.74, 6) is -1.19. The molecule has 2 rings (SSSR count). The molecular weight excluding hydrogens is 349 g/mol. The number of nitrogen functional groups attached to an aromatic ring is 2. The van der Waals surface area contributed by atoms with Gasteiger partial charge >= 0.3 is 12.1 Å². The number of esters is 1. The van der Waals surface area contributed by atoms with E-state index in [1.807, 2.05) is 0 Å². The minimum atomic E-state index is -4.52. The molecule has 4 N–H and O–H groups in total. The molecule has 0 spiro atoms. The van der Waals surface area contributed by atoms with E-state index < -0.39 is 18.8 Å². The molecule has 26 heavy (non-hydrogen) atoms. The first-order chi connectivity index (χ1) is 11.9. The Labute approximate surface area is 151 Å². The van der Waals surface area contributed by atoms with Crippen molar-refractivity contribution in [3.63, 3.8) is 0 Å². The average Bonchev–Trinajstić information content (AvgIpc) is 2.54. The summed E-state index contributed by atoms with van der Waals surface area (Å²) in [5.41, 5.74) is 11.4. The number of carbonyl (C=O) groups excluding carboxylic acids is 1. The zero-order chi connectivity index (χ0) is 20.0. The van der Waals surface area contributed by atoms with Crippen molar-refractivity contribution in [3.05, 3.63) is 17.7 Å². The Kier molecular flexibility index (Phi) is 7.59. The number of nitrogens with two attached hydrogens (primary N) is 2. The van der Waals surface area contributed by atoms with Crippen molar-refractivity contribution in [2.75, 3.05) is 25.2 Å². The van der Waals surface area contributed by atoms with Gasteiger partial charge in [0, 0.05) is 6.07 Å². The lowest BCUT2D eigenvalue weighted by atomic mass is 9.78. The van der Waals surface area contributed by atoms with Crippen LogP contribution in [0.25, 0.3) is 0 Å². The number of halogens is 3. The number of methoxy groups -OCH3 is 1. The van der Waals surface area contributed by atoms with E-state index >= 15 is 0 Å². The van der Waals surface area contributed by atoms with Crippen molar-refractivity contribution in [1.29, 1.82) is 0 Å². The van der Waals surface area contributed by atoms with Gasteiger partial charge in [-0.15, -0.1) is 0 Å². The molecule has 1 aromatic carbocycles. The van der Waals surface area contributed by atoms with Crippen LogP contribution in [-0.4, -0.2) is 25.9 Å². The number of anilines is 2. The second-order valence-corrected chi connectivity index (χ2v) is 7.10. The lowest BCUT2D eigenvalue weighted by molar-refractivity contribution is -0.153. The summed E-state index contributed by atoms with van der Waals surface area (Å²) in [5, 5.41) is 0. The summed E-state index contributed by atoms with van der Waals surface area (Å²) >= 11 is 0. The van der Waals surface area contributed by atoms with Crippen molar-refractivity contribution in [2.24, 2.45) is 5.41 Å². The lowest BCUT2D eigenvalue weighted by Crippen LogP contribution is -2.20. The van der Waals surface area contributed by atoms with Gasteiger partial charge in [0.2, 0.25) is 0 Å². The fourth-order valence-electron chi connectivity index (χ4n) is 2.67. The lowest BCUT2D eigenvalue weighted by Gasteiger charge is -2.28. The molecule has 0 saturated heterocycles. The third kappa shape index (κ3) is 7.41. The standard InChI is InChI=1S/C10H11F3N2O3.C8H16/c1-17-9(16)5-2-6(14)7(15)3-8(5)18-4-10(11,12)13;1-8(2)6-4-3-5-7-8/h2-3H,4,14-15H2,1H3;3-7H2,1-2H3. The summed E-state index contributed by atoms with van der Waals surface area (Å²) in [6.07, 6.45) is 2.78. The van der Waals surface area contributed by atoms with E-state index in [1.165, 1.54) is 32.1 Å². The van der Waals surface area contributed by atoms with Crippen LogP contribution in [0.1, 0.15) is 56.3 Å². The molecule has 1 aliphatic rings. The van der Waals surface area contributed by atoms with Crippen molar-refractivity contribution in [3.8, 4) is 5.75 Å². The molecule has 148 valence electrons. The molecule has 0 aromatic heterocycles. The van der Waals surface area contributed by atoms with Crippen LogP contribution in [0.3, 0.4) is 0 Å². The van der Waals surface area contributed by atoms with E-state index in [-0.39, 0.29) is 22.7 Å². The van der Waals surface area contributed by atoms with Gasteiger partial charge in [0.15, 0.2) is 6.61 Å². The maximum Gasteiger partial charge on any atom is 0.422 e. The molecule has 0 radical (unpaired) electrons. The van der Waals surface area contributed by atoms with Gasteiger partial charge in [-0.25, -0.2) is 4.79 Å². The molecular formula is C18H27F3N2O3. The Bertz CT molecular complexity index is 608. The van der Waals surface area contributed by atoms with Crippen molar-refractivity contribution in [2.45, 2.75) is 52.1 Å². The second-order valence-electron chi connectivity index (χ2n) is 7.10. The highest BCUT2D eigenvalue weighted by molar-refractivity contribution is 5.95. The van der Waals surface area contributed by atoms with E-state index in [0.717, 1.165) is 19.2 Å². The Morgan fingerprint density at radius 1 is 1.12 bits per heavy atom. The predicted molar refractivity (Wildman–Crippen MR) is 95.0 cm³/mol. The predicted octanol–water partition coefficient (Wildman–Crippen LogP) is 4.56. The monoisotopic (exact) mass is 376 g/mol. The normalized spacial score (nSPS) is 16.2. The van der Waals surface area contributed by atoms with Crippen LogP contribution < -0.4 is 16.2 Å². The Hall–Kier alpha value is -2.12. The van der Waals surface area contributed by atoms with Gasteiger partial charge in [0.05, 0.1) is 18.5 Å². The zero-order valence-corrected chi connectivity index (χ0v) is 15.4. The number of alkyl halides is 3. The number of rotatable bonds is 3. The summed E-state index contributed by atoms with van der Waals surface area (Å²) in [4.78, 5) is 11.3. The fraction of sp³-hybridized carbons (Fsp3) is 0.611. The van der Waals surface area contributed by atoms with Crippen LogP contribution in [-0.2, 0) is 4.74 Å². The van der Waals surface area contributed by atoms with Crippen LogP contribution >= 0.6 is 0 Å². The van der Waals surface area contributed by atoms with Crippen LogP contribution in [0.5, 0.6) is 5.75 Å². The van der Waals surface area contributed by atoms with Gasteiger partial charge in [-0.2, -0.15) is 13.2 Å². The van der Waals surface area contributed by atoms with E-state index in [1.54, 1.807) is 0 Å². The Morgan fingerprint density at radius 3 is 2.08 bits per heavy atom. The average molecular weight is 376 g/mol.